The minimum Gasteiger partial charge on any atom is -0.492 e. The number of halogens is 2. The largest absolute Gasteiger partial charge is 0.492 e. The fourth-order valence-electron chi connectivity index (χ4n) is 2.60. The molecule has 2 rings (SSSR count). The van der Waals surface area contributed by atoms with Crippen LogP contribution in [0.25, 0.3) is 0 Å². The van der Waals surface area contributed by atoms with Crippen molar-refractivity contribution in [1.29, 1.82) is 0 Å². The Hall–Kier alpha value is -0.800. The molecule has 0 aromatic heterocycles. The average Bonchev–Trinajstić information content (AvgIpc) is 2.40. The summed E-state index contributed by atoms with van der Waals surface area (Å²) >= 11 is 5.70. The Labute approximate surface area is 119 Å². The Bertz CT molecular complexity index is 413. The van der Waals surface area contributed by atoms with E-state index in [9.17, 15) is 4.39 Å². The minimum atomic E-state index is -0.414. The van der Waals surface area contributed by atoms with E-state index in [1.165, 1.54) is 37.8 Å². The lowest BCUT2D eigenvalue weighted by Crippen LogP contribution is -2.39. The van der Waals surface area contributed by atoms with Gasteiger partial charge in [0, 0.05) is 18.7 Å². The molecular weight excluding hydrogens is 265 g/mol. The van der Waals surface area contributed by atoms with Crippen LogP contribution in [0, 0.1) is 11.7 Å². The smallest absolute Gasteiger partial charge is 0.142 e. The van der Waals surface area contributed by atoms with Crippen molar-refractivity contribution in [2.24, 2.45) is 5.92 Å². The first-order valence-electron chi connectivity index (χ1n) is 6.98. The van der Waals surface area contributed by atoms with E-state index in [0.717, 1.165) is 12.5 Å². The Kier molecular flexibility index (Phi) is 5.46. The predicted molar refractivity (Wildman–Crippen MR) is 76.3 cm³/mol. The van der Waals surface area contributed by atoms with Crippen LogP contribution in [0.3, 0.4) is 0 Å². The van der Waals surface area contributed by atoms with Crippen molar-refractivity contribution >= 4 is 11.6 Å². The molecule has 1 saturated carbocycles. The molecule has 2 nitrogen and oxygen atoms in total. The van der Waals surface area contributed by atoms with Gasteiger partial charge in [0.05, 0.1) is 5.02 Å². The first-order chi connectivity index (χ1) is 9.16. The van der Waals surface area contributed by atoms with Gasteiger partial charge in [-0.15, -0.1) is 0 Å². The molecule has 19 heavy (non-hydrogen) atoms. The first kappa shape index (κ1) is 14.6. The highest BCUT2D eigenvalue weighted by Gasteiger charge is 2.20. The van der Waals surface area contributed by atoms with Crippen LogP contribution >= 0.6 is 11.6 Å². The standard InChI is InChI=1S/C15H21ClFNO/c1-11-4-2-3-5-15(11)18-8-9-19-12-6-7-14(17)13(16)10-12/h6-7,10-11,15,18H,2-5,8-9H2,1H3. The first-order valence-corrected chi connectivity index (χ1v) is 7.36. The van der Waals surface area contributed by atoms with Crippen LogP contribution in [0.15, 0.2) is 18.2 Å². The van der Waals surface area contributed by atoms with Crippen molar-refractivity contribution in [3.63, 3.8) is 0 Å². The second-order valence-electron chi connectivity index (χ2n) is 5.25. The van der Waals surface area contributed by atoms with E-state index < -0.39 is 5.82 Å². The lowest BCUT2D eigenvalue weighted by atomic mass is 9.86. The van der Waals surface area contributed by atoms with Gasteiger partial charge in [0.25, 0.3) is 0 Å². The molecule has 0 saturated heterocycles. The summed E-state index contributed by atoms with van der Waals surface area (Å²) in [5.41, 5.74) is 0. The van der Waals surface area contributed by atoms with E-state index in [1.807, 2.05) is 0 Å². The summed E-state index contributed by atoms with van der Waals surface area (Å²) in [5, 5.41) is 3.64. The maximum absolute atomic E-state index is 13.0. The highest BCUT2D eigenvalue weighted by atomic mass is 35.5. The molecule has 1 fully saturated rings. The van der Waals surface area contributed by atoms with Crippen LogP contribution in [0.1, 0.15) is 32.6 Å². The molecule has 0 radical (unpaired) electrons. The molecule has 1 aliphatic rings. The SMILES string of the molecule is CC1CCCCC1NCCOc1ccc(F)c(Cl)c1. The van der Waals surface area contributed by atoms with Crippen LogP contribution < -0.4 is 10.1 Å². The maximum Gasteiger partial charge on any atom is 0.142 e. The minimum absolute atomic E-state index is 0.103. The highest BCUT2D eigenvalue weighted by molar-refractivity contribution is 6.30. The van der Waals surface area contributed by atoms with E-state index >= 15 is 0 Å². The Morgan fingerprint density at radius 3 is 2.89 bits per heavy atom. The normalized spacial score (nSPS) is 23.3. The molecule has 0 bridgehead atoms. The van der Waals surface area contributed by atoms with Crippen LogP contribution in [-0.2, 0) is 0 Å². The van der Waals surface area contributed by atoms with Gasteiger partial charge in [-0.25, -0.2) is 4.39 Å². The van der Waals surface area contributed by atoms with Crippen molar-refractivity contribution in [1.82, 2.24) is 5.32 Å². The molecule has 2 atom stereocenters. The summed E-state index contributed by atoms with van der Waals surface area (Å²) in [4.78, 5) is 0. The molecule has 0 aliphatic heterocycles. The van der Waals surface area contributed by atoms with Crippen LogP contribution in [0.2, 0.25) is 5.02 Å². The van der Waals surface area contributed by atoms with E-state index in [0.29, 0.717) is 18.4 Å². The summed E-state index contributed by atoms with van der Waals surface area (Å²) in [6, 6.07) is 5.05. The Morgan fingerprint density at radius 2 is 2.16 bits per heavy atom. The van der Waals surface area contributed by atoms with Crippen molar-refractivity contribution in [2.45, 2.75) is 38.6 Å². The lowest BCUT2D eigenvalue weighted by Gasteiger charge is -2.29. The van der Waals surface area contributed by atoms with Gasteiger partial charge >= 0.3 is 0 Å². The van der Waals surface area contributed by atoms with E-state index in [1.54, 1.807) is 6.07 Å². The van der Waals surface area contributed by atoms with E-state index in [4.69, 9.17) is 16.3 Å². The molecule has 0 spiro atoms. The Balaban J connectivity index is 1.70. The monoisotopic (exact) mass is 285 g/mol. The fourth-order valence-corrected chi connectivity index (χ4v) is 2.77. The molecule has 2 unspecified atom stereocenters. The van der Waals surface area contributed by atoms with E-state index in [-0.39, 0.29) is 5.02 Å². The zero-order valence-electron chi connectivity index (χ0n) is 11.3. The van der Waals surface area contributed by atoms with E-state index in [2.05, 4.69) is 12.2 Å². The fraction of sp³-hybridized carbons (Fsp3) is 0.600. The molecule has 1 N–H and O–H groups in total. The molecule has 1 aromatic rings. The maximum atomic E-state index is 13.0. The zero-order valence-corrected chi connectivity index (χ0v) is 12.0. The third-order valence-corrected chi connectivity index (χ3v) is 4.07. The van der Waals surface area contributed by atoms with Crippen molar-refractivity contribution in [3.8, 4) is 5.75 Å². The highest BCUT2D eigenvalue weighted by Crippen LogP contribution is 2.23. The Morgan fingerprint density at radius 1 is 1.37 bits per heavy atom. The van der Waals surface area contributed by atoms with Crippen molar-refractivity contribution in [3.05, 3.63) is 29.0 Å². The van der Waals surface area contributed by atoms with Gasteiger partial charge in [-0.2, -0.15) is 0 Å². The third kappa shape index (κ3) is 4.36. The van der Waals surface area contributed by atoms with Gasteiger partial charge in [0.1, 0.15) is 18.2 Å². The molecule has 0 heterocycles. The summed E-state index contributed by atoms with van der Waals surface area (Å²) in [5.74, 6) is 0.946. The van der Waals surface area contributed by atoms with Gasteiger partial charge in [-0.1, -0.05) is 31.4 Å². The van der Waals surface area contributed by atoms with Crippen LogP contribution in [0.4, 0.5) is 4.39 Å². The summed E-state index contributed by atoms with van der Waals surface area (Å²) in [6.45, 7) is 3.69. The number of rotatable bonds is 5. The van der Waals surface area contributed by atoms with Gasteiger partial charge in [0.2, 0.25) is 0 Å². The number of hydrogen-bond donors (Lipinski definition) is 1. The molecule has 106 valence electrons. The van der Waals surface area contributed by atoms with Crippen molar-refractivity contribution in [2.75, 3.05) is 13.2 Å². The molecule has 1 aromatic carbocycles. The molecule has 4 heteroatoms. The topological polar surface area (TPSA) is 21.3 Å². The number of benzene rings is 1. The zero-order chi connectivity index (χ0) is 13.7. The van der Waals surface area contributed by atoms with Gasteiger partial charge in [0.15, 0.2) is 0 Å². The van der Waals surface area contributed by atoms with Crippen LogP contribution in [-0.4, -0.2) is 19.2 Å². The summed E-state index contributed by atoms with van der Waals surface area (Å²) < 4.78 is 18.5. The van der Waals surface area contributed by atoms with Crippen molar-refractivity contribution < 1.29 is 9.13 Å². The lowest BCUT2D eigenvalue weighted by molar-refractivity contribution is 0.251. The number of nitrogens with one attached hydrogen (secondary N) is 1. The number of ether oxygens (including phenoxy) is 1. The molecule has 0 amide bonds. The van der Waals surface area contributed by atoms with Gasteiger partial charge in [-0.3, -0.25) is 0 Å². The average molecular weight is 286 g/mol. The predicted octanol–water partition coefficient (Wildman–Crippen LogP) is 4.03. The van der Waals surface area contributed by atoms with Gasteiger partial charge in [-0.05, 0) is 30.9 Å². The summed E-state index contributed by atoms with van der Waals surface area (Å²) in [6.07, 6.45) is 5.23. The second kappa shape index (κ2) is 7.11. The van der Waals surface area contributed by atoms with Crippen LogP contribution in [0.5, 0.6) is 5.75 Å². The second-order valence-corrected chi connectivity index (χ2v) is 5.65. The molecule has 1 aliphatic carbocycles. The third-order valence-electron chi connectivity index (χ3n) is 3.78. The number of hydrogen-bond acceptors (Lipinski definition) is 2. The quantitative estimate of drug-likeness (QED) is 0.825. The summed E-state index contributed by atoms with van der Waals surface area (Å²) in [7, 11) is 0. The van der Waals surface area contributed by atoms with Gasteiger partial charge < -0.3 is 10.1 Å². The molecular formula is C15H21ClFNO.